The van der Waals surface area contributed by atoms with Crippen molar-refractivity contribution in [3.05, 3.63) is 17.5 Å². The van der Waals surface area contributed by atoms with Crippen molar-refractivity contribution in [2.45, 2.75) is 6.92 Å². The Kier molecular flexibility index (Phi) is 2.71. The molecule has 90 valence electrons. The summed E-state index contributed by atoms with van der Waals surface area (Å²) < 4.78 is 8.16. The smallest absolute Gasteiger partial charge is 0.355 e. The van der Waals surface area contributed by atoms with E-state index in [1.165, 1.54) is 0 Å². The van der Waals surface area contributed by atoms with E-state index in [1.54, 1.807) is 36.5 Å². The largest absolute Gasteiger partial charge is 0.461 e. The van der Waals surface area contributed by atoms with Crippen molar-refractivity contribution in [2.75, 3.05) is 6.61 Å². The molecule has 2 aromatic rings. The molecule has 0 aliphatic rings. The first kappa shape index (κ1) is 11.4. The van der Waals surface area contributed by atoms with Gasteiger partial charge in [0.05, 0.1) is 17.7 Å². The number of ether oxygens (including phenoxy) is 1. The van der Waals surface area contributed by atoms with E-state index in [0.29, 0.717) is 11.8 Å². The zero-order valence-electron chi connectivity index (χ0n) is 9.93. The van der Waals surface area contributed by atoms with Crippen LogP contribution in [0.15, 0.2) is 6.20 Å². The summed E-state index contributed by atoms with van der Waals surface area (Å²) in [7, 11) is 3.47. The highest BCUT2D eigenvalue weighted by molar-refractivity contribution is 6.07. The molecule has 0 aliphatic heterocycles. The molecule has 0 saturated carbocycles. The van der Waals surface area contributed by atoms with Crippen molar-refractivity contribution in [2.24, 2.45) is 14.1 Å². The van der Waals surface area contributed by atoms with Crippen LogP contribution >= 0.6 is 0 Å². The minimum absolute atomic E-state index is 0.250. The van der Waals surface area contributed by atoms with Gasteiger partial charge >= 0.3 is 5.97 Å². The second-order valence-corrected chi connectivity index (χ2v) is 3.70. The molecule has 2 rings (SSSR count). The van der Waals surface area contributed by atoms with Crippen LogP contribution in [0.5, 0.6) is 0 Å². The maximum absolute atomic E-state index is 11.8. The second-order valence-electron chi connectivity index (χ2n) is 3.70. The number of hydrogen-bond donors (Lipinski definition) is 0. The Morgan fingerprint density at radius 1 is 1.53 bits per heavy atom. The number of rotatable bonds is 3. The molecule has 2 heterocycles. The molecule has 17 heavy (non-hydrogen) atoms. The van der Waals surface area contributed by atoms with Gasteiger partial charge < -0.3 is 9.30 Å². The first-order valence-corrected chi connectivity index (χ1v) is 5.24. The monoisotopic (exact) mass is 235 g/mol. The van der Waals surface area contributed by atoms with Gasteiger partial charge in [-0.25, -0.2) is 4.79 Å². The van der Waals surface area contributed by atoms with Crippen molar-refractivity contribution in [3.8, 4) is 0 Å². The van der Waals surface area contributed by atoms with Gasteiger partial charge in [-0.3, -0.25) is 9.48 Å². The van der Waals surface area contributed by atoms with Gasteiger partial charge in [-0.15, -0.1) is 0 Å². The minimum Gasteiger partial charge on any atom is -0.461 e. The van der Waals surface area contributed by atoms with Gasteiger partial charge in [0.1, 0.15) is 11.2 Å². The summed E-state index contributed by atoms with van der Waals surface area (Å²) in [5.41, 5.74) is 1.78. The molecular weight excluding hydrogens is 222 g/mol. The fourth-order valence-corrected chi connectivity index (χ4v) is 1.88. The van der Waals surface area contributed by atoms with Crippen LogP contribution in [-0.4, -0.2) is 33.2 Å². The number of aldehydes is 1. The molecule has 0 saturated heterocycles. The molecule has 0 bridgehead atoms. The number of aromatic nitrogens is 3. The second kappa shape index (κ2) is 4.04. The molecule has 6 heteroatoms. The van der Waals surface area contributed by atoms with Crippen LogP contribution < -0.4 is 0 Å². The molecule has 2 aromatic heterocycles. The number of fused-ring (bicyclic) bond motifs is 1. The normalized spacial score (nSPS) is 10.8. The molecule has 0 fully saturated rings. The summed E-state index contributed by atoms with van der Waals surface area (Å²) in [6, 6.07) is 0. The molecule has 0 unspecified atom stereocenters. The van der Waals surface area contributed by atoms with Gasteiger partial charge in [0, 0.05) is 20.3 Å². The Morgan fingerprint density at radius 2 is 2.24 bits per heavy atom. The van der Waals surface area contributed by atoms with Crippen LogP contribution in [-0.2, 0) is 18.8 Å². The van der Waals surface area contributed by atoms with Crippen molar-refractivity contribution in [3.63, 3.8) is 0 Å². The van der Waals surface area contributed by atoms with E-state index in [4.69, 9.17) is 4.74 Å². The molecule has 0 aromatic carbocycles. The van der Waals surface area contributed by atoms with Crippen molar-refractivity contribution in [1.82, 2.24) is 14.3 Å². The summed E-state index contributed by atoms with van der Waals surface area (Å²) in [6.45, 7) is 1.99. The van der Waals surface area contributed by atoms with Gasteiger partial charge in [0.2, 0.25) is 0 Å². The van der Waals surface area contributed by atoms with Crippen LogP contribution in [0.4, 0.5) is 0 Å². The molecule has 0 radical (unpaired) electrons. The third kappa shape index (κ3) is 1.61. The Hall–Kier alpha value is -2.11. The fraction of sp³-hybridized carbons (Fsp3) is 0.364. The number of carbonyl (C=O) groups excluding carboxylic acids is 2. The van der Waals surface area contributed by atoms with E-state index < -0.39 is 5.97 Å². The van der Waals surface area contributed by atoms with Gasteiger partial charge in [0.15, 0.2) is 6.29 Å². The SMILES string of the molecule is CCOC(=O)c1c(C=O)c2nn(C)cc2n1C. The lowest BCUT2D eigenvalue weighted by molar-refractivity contribution is 0.0513. The van der Waals surface area contributed by atoms with E-state index >= 15 is 0 Å². The number of carbonyl (C=O) groups is 2. The molecule has 6 nitrogen and oxygen atoms in total. The van der Waals surface area contributed by atoms with E-state index in [-0.39, 0.29) is 17.9 Å². The molecule has 0 N–H and O–H groups in total. The van der Waals surface area contributed by atoms with Crippen molar-refractivity contribution in [1.29, 1.82) is 0 Å². The van der Waals surface area contributed by atoms with Crippen LogP contribution in [0, 0.1) is 0 Å². The van der Waals surface area contributed by atoms with Crippen LogP contribution in [0.1, 0.15) is 27.8 Å². The predicted octanol–water partition coefficient (Wildman–Crippen LogP) is 0.901. The molecular formula is C11H13N3O3. The lowest BCUT2D eigenvalue weighted by Gasteiger charge is -2.04. The van der Waals surface area contributed by atoms with Crippen LogP contribution in [0.25, 0.3) is 11.0 Å². The van der Waals surface area contributed by atoms with Gasteiger partial charge in [-0.05, 0) is 6.92 Å². The lowest BCUT2D eigenvalue weighted by Crippen LogP contribution is -2.12. The number of hydrogen-bond acceptors (Lipinski definition) is 4. The average Bonchev–Trinajstić information content (AvgIpc) is 2.76. The maximum Gasteiger partial charge on any atom is 0.355 e. The Balaban J connectivity index is 2.70. The van der Waals surface area contributed by atoms with Crippen LogP contribution in [0.3, 0.4) is 0 Å². The maximum atomic E-state index is 11.8. The first-order valence-electron chi connectivity index (χ1n) is 5.24. The highest BCUT2D eigenvalue weighted by atomic mass is 16.5. The number of esters is 1. The van der Waals surface area contributed by atoms with Crippen molar-refractivity contribution < 1.29 is 14.3 Å². The standard InChI is InChI=1S/C11H13N3O3/c1-4-17-11(16)10-7(6-15)9-8(14(10)3)5-13(2)12-9/h5-6H,4H2,1-3H3. The summed E-state index contributed by atoms with van der Waals surface area (Å²) in [5, 5.41) is 4.16. The molecule has 0 atom stereocenters. The van der Waals surface area contributed by atoms with Gasteiger partial charge in [-0.1, -0.05) is 0 Å². The molecule has 0 spiro atoms. The third-order valence-electron chi connectivity index (χ3n) is 2.60. The van der Waals surface area contributed by atoms with Gasteiger partial charge in [0.25, 0.3) is 0 Å². The summed E-state index contributed by atoms with van der Waals surface area (Å²) >= 11 is 0. The quantitative estimate of drug-likeness (QED) is 0.585. The van der Waals surface area contributed by atoms with E-state index in [9.17, 15) is 9.59 Å². The topological polar surface area (TPSA) is 66.1 Å². The third-order valence-corrected chi connectivity index (χ3v) is 2.60. The van der Waals surface area contributed by atoms with Gasteiger partial charge in [-0.2, -0.15) is 5.10 Å². The Bertz CT molecular complexity index is 595. The zero-order chi connectivity index (χ0) is 12.6. The Labute approximate surface area is 97.8 Å². The lowest BCUT2D eigenvalue weighted by atomic mass is 10.2. The molecule has 0 aliphatic carbocycles. The van der Waals surface area contributed by atoms with Crippen molar-refractivity contribution >= 4 is 23.3 Å². The van der Waals surface area contributed by atoms with E-state index in [2.05, 4.69) is 5.10 Å². The van der Waals surface area contributed by atoms with E-state index in [1.807, 2.05) is 0 Å². The Morgan fingerprint density at radius 3 is 2.82 bits per heavy atom. The minimum atomic E-state index is -0.502. The average molecular weight is 235 g/mol. The fourth-order valence-electron chi connectivity index (χ4n) is 1.88. The summed E-state index contributed by atoms with van der Waals surface area (Å²) in [5.74, 6) is -0.502. The van der Waals surface area contributed by atoms with Crippen LogP contribution in [0.2, 0.25) is 0 Å². The summed E-state index contributed by atoms with van der Waals surface area (Å²) in [4.78, 5) is 22.9. The highest BCUT2D eigenvalue weighted by Crippen LogP contribution is 2.23. The number of aryl methyl sites for hydroxylation is 2. The highest BCUT2D eigenvalue weighted by Gasteiger charge is 2.23. The predicted molar refractivity (Wildman–Crippen MR) is 61.0 cm³/mol. The van der Waals surface area contributed by atoms with E-state index in [0.717, 1.165) is 5.52 Å². The molecule has 0 amide bonds. The zero-order valence-corrected chi connectivity index (χ0v) is 9.93. The number of nitrogens with zero attached hydrogens (tertiary/aromatic N) is 3. The summed E-state index contributed by atoms with van der Waals surface area (Å²) in [6.07, 6.45) is 2.40. The first-order chi connectivity index (χ1) is 8.10.